The van der Waals surface area contributed by atoms with Crippen molar-refractivity contribution in [2.24, 2.45) is 0 Å². The molecule has 2 aliphatic heterocycles. The highest BCUT2D eigenvalue weighted by Crippen LogP contribution is 2.26. The standard InChI is InChI=1S/C25H23N7O2/c1-16-17(4-7-21-22(16)14-34-25(21)33)8-10-31-11-9-23-19(13-31)12-26-24(28-23)18-2-5-20(6-3-18)32-15-27-29-30-32/h2-7,12,15H,8-11,13-14H2,1H3/p+2. The summed E-state index contributed by atoms with van der Waals surface area (Å²) in [7, 11) is 0. The first kappa shape index (κ1) is 20.6. The molecule has 4 aromatic rings. The fraction of sp³-hybridized carbons (Fsp3) is 0.280. The van der Waals surface area contributed by atoms with Crippen molar-refractivity contribution in [3.05, 3.63) is 82.4 Å². The van der Waals surface area contributed by atoms with Gasteiger partial charge in [0.25, 0.3) is 6.33 Å². The molecule has 9 nitrogen and oxygen atoms in total. The number of carbonyl (C=O) groups excluding carboxylic acids is 1. The normalized spacial score (nSPS) is 16.7. The summed E-state index contributed by atoms with van der Waals surface area (Å²) in [5.74, 6) is 0.555. The second-order valence-electron chi connectivity index (χ2n) is 8.89. The van der Waals surface area contributed by atoms with Gasteiger partial charge in [-0.25, -0.2) is 14.8 Å². The number of nitrogens with zero attached hydrogens (tertiary/aromatic N) is 5. The lowest BCUT2D eigenvalue weighted by molar-refractivity contribution is -0.915. The first-order valence-electron chi connectivity index (χ1n) is 11.5. The average molecular weight is 456 g/mol. The predicted molar refractivity (Wildman–Crippen MR) is 121 cm³/mol. The first-order valence-corrected chi connectivity index (χ1v) is 11.5. The van der Waals surface area contributed by atoms with Gasteiger partial charge in [0, 0.05) is 35.7 Å². The number of cyclic esters (lactones) is 1. The number of carbonyl (C=O) groups is 1. The van der Waals surface area contributed by atoms with E-state index in [4.69, 9.17) is 9.72 Å². The number of hydrogen-bond donors (Lipinski definition) is 2. The van der Waals surface area contributed by atoms with Gasteiger partial charge in [0.15, 0.2) is 11.0 Å². The van der Waals surface area contributed by atoms with Crippen LogP contribution in [0.4, 0.5) is 0 Å². The van der Waals surface area contributed by atoms with E-state index >= 15 is 0 Å². The van der Waals surface area contributed by atoms with Crippen LogP contribution in [-0.4, -0.2) is 44.6 Å². The van der Waals surface area contributed by atoms with Crippen LogP contribution in [0.15, 0.2) is 48.9 Å². The second kappa shape index (κ2) is 8.42. The third-order valence-electron chi connectivity index (χ3n) is 6.92. The molecule has 1 unspecified atom stereocenters. The molecule has 0 aliphatic carbocycles. The zero-order valence-corrected chi connectivity index (χ0v) is 18.9. The number of esters is 1. The molecule has 0 radical (unpaired) electrons. The van der Waals surface area contributed by atoms with Crippen LogP contribution >= 0.6 is 0 Å². The molecule has 1 atom stereocenters. The van der Waals surface area contributed by atoms with Gasteiger partial charge in [0.05, 0.1) is 24.3 Å². The van der Waals surface area contributed by atoms with E-state index in [2.05, 4.69) is 33.5 Å². The van der Waals surface area contributed by atoms with E-state index in [-0.39, 0.29) is 5.97 Å². The van der Waals surface area contributed by atoms with Gasteiger partial charge in [0.2, 0.25) is 0 Å². The van der Waals surface area contributed by atoms with Gasteiger partial charge in [-0.05, 0) is 48.4 Å². The van der Waals surface area contributed by atoms with E-state index < -0.39 is 0 Å². The fourth-order valence-electron chi connectivity index (χ4n) is 4.86. The van der Waals surface area contributed by atoms with Crippen LogP contribution in [-0.2, 0) is 30.7 Å². The molecule has 0 spiro atoms. The number of quaternary nitrogens is 1. The maximum absolute atomic E-state index is 11.8. The molecule has 0 saturated carbocycles. The Balaban J connectivity index is 1.13. The van der Waals surface area contributed by atoms with Crippen LogP contribution in [0, 0.1) is 6.92 Å². The number of aromatic amines is 1. The van der Waals surface area contributed by atoms with Gasteiger partial charge in [-0.2, -0.15) is 0 Å². The molecule has 0 fully saturated rings. The van der Waals surface area contributed by atoms with Crippen molar-refractivity contribution >= 4 is 5.97 Å². The number of H-pyrrole nitrogens is 1. The van der Waals surface area contributed by atoms with Crippen molar-refractivity contribution in [2.75, 3.05) is 13.1 Å². The van der Waals surface area contributed by atoms with Crippen LogP contribution in [0.25, 0.3) is 17.1 Å². The zero-order chi connectivity index (χ0) is 23.1. The number of ether oxygens (including phenoxy) is 1. The summed E-state index contributed by atoms with van der Waals surface area (Å²) in [5, 5.41) is 10.3. The van der Waals surface area contributed by atoms with E-state index in [0.29, 0.717) is 6.61 Å². The Morgan fingerprint density at radius 2 is 2.06 bits per heavy atom. The van der Waals surface area contributed by atoms with E-state index in [1.54, 1.807) is 11.0 Å². The fourth-order valence-corrected chi connectivity index (χ4v) is 4.86. The maximum atomic E-state index is 11.8. The van der Waals surface area contributed by atoms with Gasteiger partial charge in [0.1, 0.15) is 23.9 Å². The smallest absolute Gasteiger partial charge is 0.338 e. The largest absolute Gasteiger partial charge is 0.457 e. The molecule has 170 valence electrons. The minimum atomic E-state index is -0.202. The molecule has 0 saturated heterocycles. The number of nitrogens with one attached hydrogen (secondary N) is 2. The van der Waals surface area contributed by atoms with E-state index in [1.807, 2.05) is 36.5 Å². The first-order chi connectivity index (χ1) is 16.7. The third kappa shape index (κ3) is 3.73. The Bertz CT molecular complexity index is 1370. The summed E-state index contributed by atoms with van der Waals surface area (Å²) in [6.07, 6.45) is 5.54. The molecule has 2 aromatic carbocycles. The average Bonchev–Trinajstić information content (AvgIpc) is 3.54. The van der Waals surface area contributed by atoms with Crippen LogP contribution in [0.5, 0.6) is 0 Å². The summed E-state index contributed by atoms with van der Waals surface area (Å²) in [5.41, 5.74) is 8.58. The highest BCUT2D eigenvalue weighted by atomic mass is 16.5. The van der Waals surface area contributed by atoms with Crippen molar-refractivity contribution < 1.29 is 19.1 Å². The molecule has 34 heavy (non-hydrogen) atoms. The van der Waals surface area contributed by atoms with Gasteiger partial charge in [-0.3, -0.25) is 0 Å². The lowest BCUT2D eigenvalue weighted by Crippen LogP contribution is -3.12. The van der Waals surface area contributed by atoms with Gasteiger partial charge < -0.3 is 9.64 Å². The summed E-state index contributed by atoms with van der Waals surface area (Å²) in [6.45, 7) is 5.53. The minimum Gasteiger partial charge on any atom is -0.457 e. The molecule has 2 aliphatic rings. The van der Waals surface area contributed by atoms with Gasteiger partial charge in [-0.15, -0.1) is 4.68 Å². The molecule has 4 heterocycles. The van der Waals surface area contributed by atoms with E-state index in [9.17, 15) is 4.79 Å². The van der Waals surface area contributed by atoms with Crippen molar-refractivity contribution in [1.82, 2.24) is 25.5 Å². The minimum absolute atomic E-state index is 0.202. The number of aromatic nitrogens is 6. The van der Waals surface area contributed by atoms with E-state index in [1.165, 1.54) is 21.6 Å². The Kier molecular flexibility index (Phi) is 5.10. The Hall–Kier alpha value is -3.98. The molecular formula is C25H25N7O2+2. The van der Waals surface area contributed by atoms with E-state index in [0.717, 1.165) is 66.4 Å². The number of tetrazole rings is 1. The SMILES string of the molecule is Cc1c(CC[NH+]2CCc3nc(-c4ccc(-[n+]5cnn[nH]5)cc4)ncc3C2)ccc2c1COC2=O. The van der Waals surface area contributed by atoms with Gasteiger partial charge >= 0.3 is 5.97 Å². The molecule has 2 aromatic heterocycles. The topological polar surface area (TPSA) is 102 Å². The van der Waals surface area contributed by atoms with Crippen molar-refractivity contribution in [2.45, 2.75) is 32.9 Å². The molecular weight excluding hydrogens is 430 g/mol. The quantitative estimate of drug-likeness (QED) is 0.339. The number of hydrogen-bond acceptors (Lipinski definition) is 6. The van der Waals surface area contributed by atoms with Crippen LogP contribution < -0.4 is 9.58 Å². The number of rotatable bonds is 5. The summed E-state index contributed by atoms with van der Waals surface area (Å²) < 4.78 is 6.93. The van der Waals surface area contributed by atoms with Crippen LogP contribution in [0.2, 0.25) is 0 Å². The third-order valence-corrected chi connectivity index (χ3v) is 6.92. The molecule has 6 rings (SSSR count). The number of fused-ring (bicyclic) bond motifs is 2. The summed E-state index contributed by atoms with van der Waals surface area (Å²) in [4.78, 5) is 22.9. The Morgan fingerprint density at radius 1 is 1.18 bits per heavy atom. The molecule has 9 heteroatoms. The highest BCUT2D eigenvalue weighted by Gasteiger charge is 2.25. The van der Waals surface area contributed by atoms with Crippen LogP contribution in [0.3, 0.4) is 0 Å². The second-order valence-corrected chi connectivity index (χ2v) is 8.89. The highest BCUT2D eigenvalue weighted by molar-refractivity contribution is 5.93. The summed E-state index contributed by atoms with van der Waals surface area (Å²) >= 11 is 0. The Labute approximate surface area is 196 Å². The van der Waals surface area contributed by atoms with Crippen molar-refractivity contribution in [1.29, 1.82) is 0 Å². The zero-order valence-electron chi connectivity index (χ0n) is 18.9. The predicted octanol–water partition coefficient (Wildman–Crippen LogP) is 0.701. The molecule has 2 N–H and O–H groups in total. The van der Waals surface area contributed by atoms with Crippen molar-refractivity contribution in [3.8, 4) is 17.1 Å². The Morgan fingerprint density at radius 3 is 2.88 bits per heavy atom. The summed E-state index contributed by atoms with van der Waals surface area (Å²) in [6, 6.07) is 12.0. The lowest BCUT2D eigenvalue weighted by atomic mass is 9.96. The van der Waals surface area contributed by atoms with Crippen molar-refractivity contribution in [3.63, 3.8) is 0 Å². The molecule has 0 amide bonds. The maximum Gasteiger partial charge on any atom is 0.338 e. The van der Waals surface area contributed by atoms with Crippen LogP contribution in [0.1, 0.15) is 38.3 Å². The monoisotopic (exact) mass is 455 g/mol. The number of benzene rings is 2. The lowest BCUT2D eigenvalue weighted by Gasteiger charge is -2.25. The molecule has 0 bridgehead atoms. The van der Waals surface area contributed by atoms with Gasteiger partial charge in [-0.1, -0.05) is 11.3 Å².